The Kier molecular flexibility index (Phi) is 3.98. The van der Waals surface area contributed by atoms with E-state index in [0.717, 1.165) is 18.2 Å². The van der Waals surface area contributed by atoms with Gasteiger partial charge in [-0.25, -0.2) is 4.39 Å². The summed E-state index contributed by atoms with van der Waals surface area (Å²) in [6.07, 6.45) is -4.78. The van der Waals surface area contributed by atoms with Crippen molar-refractivity contribution in [3.63, 3.8) is 0 Å². The molecule has 21 heavy (non-hydrogen) atoms. The van der Waals surface area contributed by atoms with Crippen LogP contribution in [0.1, 0.15) is 5.56 Å². The van der Waals surface area contributed by atoms with Crippen molar-refractivity contribution >= 4 is 11.4 Å². The number of halogens is 4. The summed E-state index contributed by atoms with van der Waals surface area (Å²) >= 11 is 0. The zero-order chi connectivity index (χ0) is 15.5. The van der Waals surface area contributed by atoms with E-state index >= 15 is 0 Å². The molecule has 1 N–H and O–H groups in total. The molecule has 108 valence electrons. The maximum absolute atomic E-state index is 13.4. The lowest BCUT2D eigenvalue weighted by Gasteiger charge is -2.11. The third-order valence-electron chi connectivity index (χ3n) is 2.45. The second-order valence-corrected chi connectivity index (χ2v) is 4.01. The summed E-state index contributed by atoms with van der Waals surface area (Å²) in [5.74, 6) is -1.10. The van der Waals surface area contributed by atoms with E-state index < -0.39 is 12.2 Å². The van der Waals surface area contributed by atoms with E-state index in [0.29, 0.717) is 11.4 Å². The van der Waals surface area contributed by atoms with Crippen LogP contribution in [-0.2, 0) is 0 Å². The molecular weight excluding hydrogens is 288 g/mol. The molecule has 0 fully saturated rings. The highest BCUT2D eigenvalue weighted by Gasteiger charge is 2.31. The number of alkyl halides is 3. The fourth-order valence-electron chi connectivity index (χ4n) is 1.62. The predicted molar refractivity (Wildman–Crippen MR) is 67.5 cm³/mol. The Labute approximate surface area is 117 Å². The number of rotatable bonds is 3. The van der Waals surface area contributed by atoms with Gasteiger partial charge in [0.15, 0.2) is 0 Å². The molecule has 0 aromatic heterocycles. The molecule has 0 aliphatic rings. The number of nitrogens with zero attached hydrogens (tertiary/aromatic N) is 1. The Hall–Kier alpha value is -2.75. The number of hydrogen-bond acceptors (Lipinski definition) is 3. The normalized spacial score (nSPS) is 10.8. The largest absolute Gasteiger partial charge is 0.573 e. The molecule has 0 heterocycles. The minimum Gasteiger partial charge on any atom is -0.406 e. The summed E-state index contributed by atoms with van der Waals surface area (Å²) < 4.78 is 53.5. The Bertz CT molecular complexity index is 692. The van der Waals surface area contributed by atoms with Gasteiger partial charge in [0, 0.05) is 17.4 Å². The van der Waals surface area contributed by atoms with Crippen molar-refractivity contribution in [2.45, 2.75) is 6.36 Å². The van der Waals surface area contributed by atoms with Crippen molar-refractivity contribution < 1.29 is 22.3 Å². The average Bonchev–Trinajstić information content (AvgIpc) is 2.37. The van der Waals surface area contributed by atoms with Crippen molar-refractivity contribution in [2.24, 2.45) is 0 Å². The molecule has 0 aliphatic heterocycles. The Morgan fingerprint density at radius 1 is 1.05 bits per heavy atom. The van der Waals surface area contributed by atoms with Crippen LogP contribution < -0.4 is 10.1 Å². The van der Waals surface area contributed by atoms with Gasteiger partial charge in [-0.2, -0.15) is 5.26 Å². The van der Waals surface area contributed by atoms with Gasteiger partial charge in [0.25, 0.3) is 0 Å². The van der Waals surface area contributed by atoms with Crippen molar-refractivity contribution in [3.8, 4) is 11.8 Å². The van der Waals surface area contributed by atoms with Crippen LogP contribution in [0.3, 0.4) is 0 Å². The van der Waals surface area contributed by atoms with E-state index in [2.05, 4.69) is 10.1 Å². The highest BCUT2D eigenvalue weighted by Crippen LogP contribution is 2.27. The minimum absolute atomic E-state index is 0.116. The second kappa shape index (κ2) is 5.71. The molecule has 0 amide bonds. The van der Waals surface area contributed by atoms with Gasteiger partial charge in [-0.05, 0) is 30.3 Å². The maximum Gasteiger partial charge on any atom is 0.573 e. The zero-order valence-corrected chi connectivity index (χ0v) is 10.4. The predicted octanol–water partition coefficient (Wildman–Crippen LogP) is 4.34. The first kappa shape index (κ1) is 14.7. The highest BCUT2D eigenvalue weighted by molar-refractivity contribution is 5.62. The van der Waals surface area contributed by atoms with E-state index in [9.17, 15) is 17.6 Å². The summed E-state index contributed by atoms with van der Waals surface area (Å²) in [7, 11) is 0. The molecule has 3 nitrogen and oxygen atoms in total. The number of nitriles is 1. The fourth-order valence-corrected chi connectivity index (χ4v) is 1.62. The second-order valence-electron chi connectivity index (χ2n) is 4.01. The topological polar surface area (TPSA) is 45.0 Å². The number of nitrogens with one attached hydrogen (secondary N) is 1. The Morgan fingerprint density at radius 2 is 1.76 bits per heavy atom. The van der Waals surface area contributed by atoms with Gasteiger partial charge in [0.2, 0.25) is 0 Å². The highest BCUT2D eigenvalue weighted by atomic mass is 19.4. The van der Waals surface area contributed by atoms with Crippen molar-refractivity contribution in [1.82, 2.24) is 0 Å². The average molecular weight is 296 g/mol. The number of ether oxygens (including phenoxy) is 1. The molecule has 0 atom stereocenters. The molecule has 0 saturated heterocycles. The third-order valence-corrected chi connectivity index (χ3v) is 2.45. The van der Waals surface area contributed by atoms with Crippen LogP contribution in [0.25, 0.3) is 0 Å². The van der Waals surface area contributed by atoms with Crippen LogP contribution in [0.15, 0.2) is 42.5 Å². The Balaban J connectivity index is 2.18. The summed E-state index contributed by atoms with van der Waals surface area (Å²) in [4.78, 5) is 0. The van der Waals surface area contributed by atoms with E-state index in [1.807, 2.05) is 0 Å². The van der Waals surface area contributed by atoms with Gasteiger partial charge >= 0.3 is 6.36 Å². The van der Waals surface area contributed by atoms with Crippen LogP contribution in [0.4, 0.5) is 28.9 Å². The standard InChI is InChI=1S/C14H8F4N2O/c15-13-7-11(5-4-9(13)8-19)20-10-2-1-3-12(6-10)21-14(16,17)18/h1-7,20H. The number of hydrogen-bond donors (Lipinski definition) is 1. The summed E-state index contributed by atoms with van der Waals surface area (Å²) in [5.41, 5.74) is 0.478. The lowest BCUT2D eigenvalue weighted by atomic mass is 10.2. The van der Waals surface area contributed by atoms with E-state index in [-0.39, 0.29) is 11.3 Å². The first-order valence-corrected chi connectivity index (χ1v) is 5.70. The molecule has 2 aromatic rings. The molecule has 7 heteroatoms. The molecule has 0 aliphatic carbocycles. The van der Waals surface area contributed by atoms with Gasteiger partial charge in [-0.15, -0.1) is 13.2 Å². The summed E-state index contributed by atoms with van der Waals surface area (Å²) in [6.45, 7) is 0. The smallest absolute Gasteiger partial charge is 0.406 e. The van der Waals surface area contributed by atoms with Crippen molar-refractivity contribution in [1.29, 1.82) is 5.26 Å². The summed E-state index contributed by atoms with van der Waals surface area (Å²) in [6, 6.07) is 10.6. The van der Waals surface area contributed by atoms with E-state index in [1.165, 1.54) is 24.3 Å². The van der Waals surface area contributed by atoms with Crippen molar-refractivity contribution in [3.05, 3.63) is 53.8 Å². The molecule has 2 rings (SSSR count). The van der Waals surface area contributed by atoms with Gasteiger partial charge in [-0.3, -0.25) is 0 Å². The van der Waals surface area contributed by atoms with Crippen LogP contribution >= 0.6 is 0 Å². The summed E-state index contributed by atoms with van der Waals surface area (Å²) in [5, 5.41) is 11.3. The molecule has 0 saturated carbocycles. The first-order valence-electron chi connectivity index (χ1n) is 5.70. The monoisotopic (exact) mass is 296 g/mol. The number of benzene rings is 2. The first-order chi connectivity index (χ1) is 9.87. The molecule has 2 aromatic carbocycles. The van der Waals surface area contributed by atoms with Gasteiger partial charge in [0.1, 0.15) is 17.6 Å². The van der Waals surface area contributed by atoms with Gasteiger partial charge < -0.3 is 10.1 Å². The third kappa shape index (κ3) is 4.11. The quantitative estimate of drug-likeness (QED) is 0.857. The molecule has 0 radical (unpaired) electrons. The molecule has 0 bridgehead atoms. The van der Waals surface area contributed by atoms with Crippen LogP contribution in [-0.4, -0.2) is 6.36 Å². The van der Waals surface area contributed by atoms with Crippen LogP contribution in [0.5, 0.6) is 5.75 Å². The maximum atomic E-state index is 13.4. The fraction of sp³-hybridized carbons (Fsp3) is 0.0714. The number of anilines is 2. The van der Waals surface area contributed by atoms with Crippen LogP contribution in [0.2, 0.25) is 0 Å². The zero-order valence-electron chi connectivity index (χ0n) is 10.4. The molecule has 0 unspecified atom stereocenters. The molecule has 0 spiro atoms. The lowest BCUT2D eigenvalue weighted by molar-refractivity contribution is -0.274. The Morgan fingerprint density at radius 3 is 2.38 bits per heavy atom. The van der Waals surface area contributed by atoms with E-state index in [1.54, 1.807) is 6.07 Å². The molecular formula is C14H8F4N2O. The minimum atomic E-state index is -4.78. The van der Waals surface area contributed by atoms with Crippen molar-refractivity contribution in [2.75, 3.05) is 5.32 Å². The lowest BCUT2D eigenvalue weighted by Crippen LogP contribution is -2.17. The van der Waals surface area contributed by atoms with Gasteiger partial charge in [-0.1, -0.05) is 6.07 Å². The van der Waals surface area contributed by atoms with E-state index in [4.69, 9.17) is 5.26 Å². The van der Waals surface area contributed by atoms with Crippen LogP contribution in [0, 0.1) is 17.1 Å². The van der Waals surface area contributed by atoms with Gasteiger partial charge in [0.05, 0.1) is 5.56 Å². The SMILES string of the molecule is N#Cc1ccc(Nc2cccc(OC(F)(F)F)c2)cc1F.